The van der Waals surface area contributed by atoms with Gasteiger partial charge in [0.25, 0.3) is 5.91 Å². The molecular formula is C28H41N3O4. The molecule has 0 aliphatic carbocycles. The number of alkyl carbamates (subject to hydrolysis) is 1. The van der Waals surface area contributed by atoms with Crippen LogP contribution < -0.4 is 10.6 Å². The highest BCUT2D eigenvalue weighted by molar-refractivity contribution is 5.93. The van der Waals surface area contributed by atoms with Crippen LogP contribution in [0.1, 0.15) is 84.9 Å². The van der Waals surface area contributed by atoms with Gasteiger partial charge in [-0.15, -0.1) is 0 Å². The highest BCUT2D eigenvalue weighted by atomic mass is 16.6. The van der Waals surface area contributed by atoms with Crippen LogP contribution in [0.5, 0.6) is 0 Å². The molecule has 0 bridgehead atoms. The molecule has 0 radical (unpaired) electrons. The van der Waals surface area contributed by atoms with Gasteiger partial charge >= 0.3 is 6.09 Å². The second-order valence-corrected chi connectivity index (χ2v) is 10.1. The minimum atomic E-state index is -1.08. The van der Waals surface area contributed by atoms with E-state index in [0.29, 0.717) is 12.0 Å². The van der Waals surface area contributed by atoms with Crippen molar-refractivity contribution in [1.82, 2.24) is 15.5 Å². The zero-order chi connectivity index (χ0) is 26.8. The Balaban J connectivity index is 3.42. The maximum Gasteiger partial charge on any atom is 0.408 e. The van der Waals surface area contributed by atoms with E-state index in [-0.39, 0.29) is 17.9 Å². The number of carbonyl (C=O) groups is 3. The van der Waals surface area contributed by atoms with Crippen LogP contribution in [0.4, 0.5) is 4.79 Å². The van der Waals surface area contributed by atoms with Gasteiger partial charge in [0, 0.05) is 12.1 Å². The molecule has 0 aromatic heterocycles. The monoisotopic (exact) mass is 483 g/mol. The van der Waals surface area contributed by atoms with Crippen LogP contribution in [0.3, 0.4) is 0 Å². The van der Waals surface area contributed by atoms with Crippen LogP contribution >= 0.6 is 0 Å². The standard InChI is InChI=1S/C28H41N3O4/c1-10-14-20(6)29-25(32)24(22-16-13-15-21(11-2)18-22)31(12-3)26(33)23(17-19(4)5)30-27(34)35-28(7,8)9/h3,11,13,15-16,18-20,23-24H,2,10,14,17H2,1,4-9H3,(H,29,32)(H,30,34). The van der Waals surface area contributed by atoms with Gasteiger partial charge in [0.05, 0.1) is 0 Å². The van der Waals surface area contributed by atoms with Crippen molar-refractivity contribution < 1.29 is 19.1 Å². The van der Waals surface area contributed by atoms with Crippen molar-refractivity contribution in [2.24, 2.45) is 5.92 Å². The predicted molar refractivity (Wildman–Crippen MR) is 140 cm³/mol. The zero-order valence-electron chi connectivity index (χ0n) is 22.2. The summed E-state index contributed by atoms with van der Waals surface area (Å²) in [5.41, 5.74) is 0.608. The summed E-state index contributed by atoms with van der Waals surface area (Å²) < 4.78 is 5.35. The molecule has 3 amide bonds. The largest absolute Gasteiger partial charge is 0.444 e. The fourth-order valence-electron chi connectivity index (χ4n) is 3.68. The highest BCUT2D eigenvalue weighted by Crippen LogP contribution is 2.25. The van der Waals surface area contributed by atoms with Gasteiger partial charge in [-0.25, -0.2) is 4.79 Å². The van der Waals surface area contributed by atoms with E-state index in [0.717, 1.165) is 23.3 Å². The molecule has 7 heteroatoms. The van der Waals surface area contributed by atoms with Gasteiger partial charge in [-0.05, 0) is 63.6 Å². The first-order valence-corrected chi connectivity index (χ1v) is 12.1. The van der Waals surface area contributed by atoms with Crippen LogP contribution in [-0.2, 0) is 14.3 Å². The number of ether oxygens (including phenoxy) is 1. The summed E-state index contributed by atoms with van der Waals surface area (Å²) in [6.45, 7) is 16.8. The number of terminal acetylenes is 1. The molecule has 0 saturated carbocycles. The normalized spacial score (nSPS) is 13.7. The van der Waals surface area contributed by atoms with Crippen LogP contribution in [0.25, 0.3) is 6.08 Å². The molecule has 35 heavy (non-hydrogen) atoms. The van der Waals surface area contributed by atoms with Crippen molar-refractivity contribution >= 4 is 24.0 Å². The van der Waals surface area contributed by atoms with E-state index in [1.165, 1.54) is 0 Å². The molecule has 1 aromatic carbocycles. The van der Waals surface area contributed by atoms with Crippen molar-refractivity contribution in [2.45, 2.75) is 91.5 Å². The molecule has 1 rings (SSSR count). The van der Waals surface area contributed by atoms with Crippen molar-refractivity contribution in [3.05, 3.63) is 42.0 Å². The smallest absolute Gasteiger partial charge is 0.408 e. The Morgan fingerprint density at radius 1 is 1.20 bits per heavy atom. The minimum absolute atomic E-state index is 0.0689. The van der Waals surface area contributed by atoms with Crippen molar-refractivity contribution in [3.63, 3.8) is 0 Å². The van der Waals surface area contributed by atoms with Gasteiger partial charge in [0.15, 0.2) is 0 Å². The average Bonchev–Trinajstić information content (AvgIpc) is 2.74. The van der Waals surface area contributed by atoms with Gasteiger partial charge in [0.2, 0.25) is 5.91 Å². The number of hydrogen-bond donors (Lipinski definition) is 2. The number of nitrogens with one attached hydrogen (secondary N) is 2. The molecule has 192 valence electrons. The second kappa shape index (κ2) is 13.6. The van der Waals surface area contributed by atoms with Crippen LogP contribution in [0.15, 0.2) is 30.8 Å². The third-order valence-corrected chi connectivity index (χ3v) is 5.15. The molecule has 3 unspecified atom stereocenters. The summed E-state index contributed by atoms with van der Waals surface area (Å²) in [6.07, 6.45) is 8.76. The number of amides is 3. The third-order valence-electron chi connectivity index (χ3n) is 5.15. The molecule has 0 heterocycles. The summed E-state index contributed by atoms with van der Waals surface area (Å²) in [5.74, 6) is -0.877. The summed E-state index contributed by atoms with van der Waals surface area (Å²) >= 11 is 0. The molecule has 0 fully saturated rings. The van der Waals surface area contributed by atoms with E-state index in [4.69, 9.17) is 11.2 Å². The van der Waals surface area contributed by atoms with Crippen molar-refractivity contribution in [3.8, 4) is 12.5 Å². The molecule has 0 saturated heterocycles. The van der Waals surface area contributed by atoms with Crippen LogP contribution in [0.2, 0.25) is 0 Å². The molecule has 0 aliphatic rings. The first kappa shape index (κ1) is 29.8. The van der Waals surface area contributed by atoms with E-state index >= 15 is 0 Å². The topological polar surface area (TPSA) is 87.7 Å². The molecule has 3 atom stereocenters. The Hall–Kier alpha value is -3.27. The molecule has 0 spiro atoms. The molecule has 1 aromatic rings. The number of rotatable bonds is 11. The zero-order valence-corrected chi connectivity index (χ0v) is 22.2. The third kappa shape index (κ3) is 9.86. The summed E-state index contributed by atoms with van der Waals surface area (Å²) in [5, 5.41) is 5.62. The number of nitrogens with zero attached hydrogens (tertiary/aromatic N) is 1. The lowest BCUT2D eigenvalue weighted by atomic mass is 9.98. The van der Waals surface area contributed by atoms with Gasteiger partial charge in [-0.3, -0.25) is 14.5 Å². The number of hydrogen-bond acceptors (Lipinski definition) is 4. The van der Waals surface area contributed by atoms with Gasteiger partial charge in [-0.2, -0.15) is 0 Å². The van der Waals surface area contributed by atoms with Crippen molar-refractivity contribution in [2.75, 3.05) is 0 Å². The first-order chi connectivity index (χ1) is 16.3. The number of carbonyl (C=O) groups excluding carboxylic acids is 3. The first-order valence-electron chi connectivity index (χ1n) is 12.1. The van der Waals surface area contributed by atoms with Gasteiger partial charge in [0.1, 0.15) is 17.7 Å². The summed E-state index contributed by atoms with van der Waals surface area (Å²) in [7, 11) is 0. The Morgan fingerprint density at radius 2 is 1.86 bits per heavy atom. The number of benzene rings is 1. The molecular weight excluding hydrogens is 442 g/mol. The average molecular weight is 484 g/mol. The lowest BCUT2D eigenvalue weighted by Crippen LogP contribution is -2.52. The van der Waals surface area contributed by atoms with Crippen molar-refractivity contribution in [1.29, 1.82) is 0 Å². The predicted octanol–water partition coefficient (Wildman–Crippen LogP) is 5.03. The van der Waals surface area contributed by atoms with E-state index in [1.807, 2.05) is 33.8 Å². The van der Waals surface area contributed by atoms with Gasteiger partial charge in [-0.1, -0.05) is 64.5 Å². The summed E-state index contributed by atoms with van der Waals surface area (Å²) in [4.78, 5) is 40.7. The lowest BCUT2D eigenvalue weighted by Gasteiger charge is -2.31. The lowest BCUT2D eigenvalue weighted by molar-refractivity contribution is -0.139. The Labute approximate surface area is 210 Å². The van der Waals surface area contributed by atoms with E-state index < -0.39 is 29.7 Å². The Bertz CT molecular complexity index is 927. The summed E-state index contributed by atoms with van der Waals surface area (Å²) in [6, 6.07) is 7.41. The van der Waals surface area contributed by atoms with Crippen LogP contribution in [0, 0.1) is 18.4 Å². The SMILES string of the molecule is C#CN(C(=O)C(CC(C)C)NC(=O)OC(C)(C)C)C(C(=O)NC(C)CCC)c1cccc(C=C)c1. The fraction of sp³-hybridized carbons (Fsp3) is 0.536. The molecule has 7 nitrogen and oxygen atoms in total. The van der Waals surface area contributed by atoms with Crippen LogP contribution in [-0.4, -0.2) is 40.5 Å². The van der Waals surface area contributed by atoms with Gasteiger partial charge < -0.3 is 15.4 Å². The van der Waals surface area contributed by atoms with E-state index in [1.54, 1.807) is 45.0 Å². The Morgan fingerprint density at radius 3 is 2.37 bits per heavy atom. The second-order valence-electron chi connectivity index (χ2n) is 10.1. The fourth-order valence-corrected chi connectivity index (χ4v) is 3.68. The highest BCUT2D eigenvalue weighted by Gasteiger charge is 2.36. The molecule has 0 aliphatic heterocycles. The quantitative estimate of drug-likeness (QED) is 0.341. The maximum atomic E-state index is 13.7. The Kier molecular flexibility index (Phi) is 11.5. The van der Waals surface area contributed by atoms with E-state index in [9.17, 15) is 14.4 Å². The molecule has 2 N–H and O–H groups in total. The minimum Gasteiger partial charge on any atom is -0.444 e. The van der Waals surface area contributed by atoms with E-state index in [2.05, 4.69) is 23.3 Å². The maximum absolute atomic E-state index is 13.7.